The van der Waals surface area contributed by atoms with Gasteiger partial charge in [-0.1, -0.05) is 17.7 Å². The first-order valence-electron chi connectivity index (χ1n) is 9.72. The Hall–Kier alpha value is -2.66. The summed E-state index contributed by atoms with van der Waals surface area (Å²) < 4.78 is 35.5. The molecule has 0 unspecified atom stereocenters. The highest BCUT2D eigenvalue weighted by Crippen LogP contribution is 2.62. The smallest absolute Gasteiger partial charge is 0.441 e. The van der Waals surface area contributed by atoms with E-state index in [2.05, 4.69) is 0 Å². The molecule has 0 saturated heterocycles. The van der Waals surface area contributed by atoms with Crippen molar-refractivity contribution < 1.29 is 41.7 Å². The fourth-order valence-corrected chi connectivity index (χ4v) is 5.11. The van der Waals surface area contributed by atoms with E-state index in [1.807, 2.05) is 12.4 Å². The summed E-state index contributed by atoms with van der Waals surface area (Å²) in [6, 6.07) is 6.03. The lowest BCUT2D eigenvalue weighted by molar-refractivity contribution is -0.157. The Morgan fingerprint density at radius 3 is 2.26 bits per heavy atom. The lowest BCUT2D eigenvalue weighted by atomic mass is 9.99. The summed E-state index contributed by atoms with van der Waals surface area (Å²) in [7, 11) is -4.15. The van der Waals surface area contributed by atoms with Gasteiger partial charge in [-0.2, -0.15) is 8.42 Å². The van der Waals surface area contributed by atoms with Gasteiger partial charge < -0.3 is 14.7 Å². The number of carboxylic acids is 1. The standard InChI is InChI=1S/C20H25NO9S/c1-10-5-7-11(8-6-10)31(26,27)30-13-9-12(14-15(13)16(14)17(22)23)18(24)29-21-19(25)28-20(2,3)4/h5-8,12-16H,9H2,1-4H3,(H,21,25)(H,22,23)/t12-,13-,14+,15+,16+/m0/s1. The van der Waals surface area contributed by atoms with Crippen LogP contribution in [0.3, 0.4) is 0 Å². The van der Waals surface area contributed by atoms with E-state index in [0.717, 1.165) is 5.56 Å². The number of hydrogen-bond acceptors (Lipinski definition) is 8. The third-order valence-corrected chi connectivity index (χ3v) is 6.64. The number of aryl methyl sites for hydroxylation is 1. The normalized spacial score (nSPS) is 27.2. The molecule has 2 fully saturated rings. The molecule has 0 heterocycles. The molecule has 1 amide bonds. The second kappa shape index (κ2) is 8.12. The molecule has 170 valence electrons. The number of nitrogens with one attached hydrogen (secondary N) is 1. The van der Waals surface area contributed by atoms with Gasteiger partial charge in [-0.05, 0) is 52.2 Å². The van der Waals surface area contributed by atoms with Gasteiger partial charge in [0, 0.05) is 5.92 Å². The van der Waals surface area contributed by atoms with Crippen LogP contribution < -0.4 is 5.48 Å². The van der Waals surface area contributed by atoms with E-state index in [-0.39, 0.29) is 11.3 Å². The number of carbonyl (C=O) groups excluding carboxylic acids is 2. The van der Waals surface area contributed by atoms with E-state index in [1.54, 1.807) is 32.9 Å². The Labute approximate surface area is 179 Å². The number of carboxylic acid groups (broad SMARTS) is 1. The molecule has 1 aromatic rings. The summed E-state index contributed by atoms with van der Waals surface area (Å²) in [5.74, 6) is -5.15. The first-order chi connectivity index (χ1) is 14.3. The van der Waals surface area contributed by atoms with E-state index in [4.69, 9.17) is 13.8 Å². The summed E-state index contributed by atoms with van der Waals surface area (Å²) >= 11 is 0. The van der Waals surface area contributed by atoms with Crippen LogP contribution in [-0.4, -0.2) is 43.3 Å². The highest BCUT2D eigenvalue weighted by atomic mass is 32.2. The third kappa shape index (κ3) is 5.16. The molecule has 2 aliphatic carbocycles. The highest BCUT2D eigenvalue weighted by molar-refractivity contribution is 7.86. The molecule has 11 heteroatoms. The van der Waals surface area contributed by atoms with Gasteiger partial charge in [-0.3, -0.25) is 8.98 Å². The minimum Gasteiger partial charge on any atom is -0.481 e. The van der Waals surface area contributed by atoms with Crippen LogP contribution in [0.5, 0.6) is 0 Å². The predicted octanol–water partition coefficient (Wildman–Crippen LogP) is 2.02. The van der Waals surface area contributed by atoms with Gasteiger partial charge in [0.2, 0.25) is 0 Å². The predicted molar refractivity (Wildman–Crippen MR) is 105 cm³/mol. The number of fused-ring (bicyclic) bond motifs is 1. The lowest BCUT2D eigenvalue weighted by Crippen LogP contribution is -2.36. The fraction of sp³-hybridized carbons (Fsp3) is 0.550. The average Bonchev–Trinajstić information content (AvgIpc) is 3.28. The minimum atomic E-state index is -4.15. The van der Waals surface area contributed by atoms with Gasteiger partial charge in [-0.25, -0.2) is 9.59 Å². The number of benzene rings is 1. The molecule has 10 nitrogen and oxygen atoms in total. The van der Waals surface area contributed by atoms with Crippen molar-refractivity contribution in [1.29, 1.82) is 0 Å². The van der Waals surface area contributed by atoms with Crippen LogP contribution in [0, 0.1) is 30.6 Å². The van der Waals surface area contributed by atoms with Gasteiger partial charge >= 0.3 is 18.0 Å². The van der Waals surface area contributed by atoms with Crippen LogP contribution in [0.1, 0.15) is 32.8 Å². The second-order valence-electron chi connectivity index (χ2n) is 8.79. The number of amides is 1. The number of aliphatic carboxylic acids is 1. The molecule has 3 rings (SSSR count). The zero-order chi connectivity index (χ0) is 23.1. The molecule has 1 aromatic carbocycles. The fourth-order valence-electron chi connectivity index (χ4n) is 4.00. The molecule has 2 saturated carbocycles. The van der Waals surface area contributed by atoms with Crippen LogP contribution >= 0.6 is 0 Å². The van der Waals surface area contributed by atoms with Crippen LogP contribution in [0.15, 0.2) is 29.2 Å². The quantitative estimate of drug-likeness (QED) is 0.503. The molecule has 0 radical (unpaired) electrons. The SMILES string of the molecule is Cc1ccc(S(=O)(=O)O[C@H]2C[C@H](C(=O)ONC(=O)OC(C)(C)C)[C@H]3[C@@H](C(=O)O)[C@@H]32)cc1. The first kappa shape index (κ1) is 23.0. The number of ether oxygens (including phenoxy) is 1. The van der Waals surface area contributed by atoms with Crippen LogP contribution in [0.2, 0.25) is 0 Å². The molecule has 2 N–H and O–H groups in total. The molecule has 0 aliphatic heterocycles. The number of rotatable bonds is 5. The molecule has 0 bridgehead atoms. The van der Waals surface area contributed by atoms with Crippen molar-refractivity contribution in [2.24, 2.45) is 23.7 Å². The summed E-state index contributed by atoms with van der Waals surface area (Å²) in [4.78, 5) is 40.4. The Morgan fingerprint density at radius 2 is 1.71 bits per heavy atom. The van der Waals surface area contributed by atoms with Gasteiger partial charge in [0.25, 0.3) is 10.1 Å². The summed E-state index contributed by atoms with van der Waals surface area (Å²) in [6.45, 7) is 6.71. The molecule has 5 atom stereocenters. The monoisotopic (exact) mass is 455 g/mol. The summed E-state index contributed by atoms with van der Waals surface area (Å²) in [5, 5.41) is 9.42. The van der Waals surface area contributed by atoms with Crippen molar-refractivity contribution in [3.05, 3.63) is 29.8 Å². The lowest BCUT2D eigenvalue weighted by Gasteiger charge is -2.20. The Morgan fingerprint density at radius 1 is 1.10 bits per heavy atom. The van der Waals surface area contributed by atoms with E-state index in [9.17, 15) is 27.9 Å². The van der Waals surface area contributed by atoms with Gasteiger partial charge in [0.15, 0.2) is 0 Å². The van der Waals surface area contributed by atoms with Crippen molar-refractivity contribution >= 4 is 28.1 Å². The molecule has 0 spiro atoms. The zero-order valence-corrected chi connectivity index (χ0v) is 18.3. The maximum atomic E-state index is 12.6. The van der Waals surface area contributed by atoms with Crippen molar-refractivity contribution in [3.8, 4) is 0 Å². The Bertz CT molecular complexity index is 981. The molecule has 2 aliphatic rings. The van der Waals surface area contributed by atoms with E-state index < -0.39 is 63.5 Å². The topological polar surface area (TPSA) is 145 Å². The maximum absolute atomic E-state index is 12.6. The number of hydrogen-bond donors (Lipinski definition) is 2. The van der Waals surface area contributed by atoms with Crippen molar-refractivity contribution in [2.75, 3.05) is 0 Å². The Balaban J connectivity index is 1.68. The molecular weight excluding hydrogens is 430 g/mol. The largest absolute Gasteiger partial charge is 0.481 e. The minimum absolute atomic E-state index is 0.0426. The van der Waals surface area contributed by atoms with Crippen LogP contribution in [0.25, 0.3) is 0 Å². The average molecular weight is 455 g/mol. The summed E-state index contributed by atoms with van der Waals surface area (Å²) in [5.41, 5.74) is 1.94. The summed E-state index contributed by atoms with van der Waals surface area (Å²) in [6.07, 6.45) is -2.01. The van der Waals surface area contributed by atoms with E-state index in [0.29, 0.717) is 0 Å². The third-order valence-electron chi connectivity index (χ3n) is 5.29. The zero-order valence-electron chi connectivity index (χ0n) is 17.5. The van der Waals surface area contributed by atoms with Crippen molar-refractivity contribution in [1.82, 2.24) is 5.48 Å². The van der Waals surface area contributed by atoms with Gasteiger partial charge in [-0.15, -0.1) is 5.48 Å². The van der Waals surface area contributed by atoms with Crippen LogP contribution in [-0.2, 0) is 33.5 Å². The van der Waals surface area contributed by atoms with Crippen LogP contribution in [0.4, 0.5) is 4.79 Å². The number of hydroxylamine groups is 1. The van der Waals surface area contributed by atoms with Crippen molar-refractivity contribution in [3.63, 3.8) is 0 Å². The first-order valence-corrected chi connectivity index (χ1v) is 11.1. The molecule has 0 aromatic heterocycles. The highest BCUT2D eigenvalue weighted by Gasteiger charge is 2.69. The van der Waals surface area contributed by atoms with E-state index >= 15 is 0 Å². The van der Waals surface area contributed by atoms with E-state index in [1.165, 1.54) is 12.1 Å². The second-order valence-corrected chi connectivity index (χ2v) is 10.4. The van der Waals surface area contributed by atoms with Crippen molar-refractivity contribution in [2.45, 2.75) is 50.7 Å². The maximum Gasteiger partial charge on any atom is 0.441 e. The molecular formula is C20H25NO9S. The molecule has 31 heavy (non-hydrogen) atoms. The van der Waals surface area contributed by atoms with Gasteiger partial charge in [0.1, 0.15) is 5.60 Å². The number of carbonyl (C=O) groups is 3. The van der Waals surface area contributed by atoms with Gasteiger partial charge in [0.05, 0.1) is 22.8 Å². The Kier molecular flexibility index (Phi) is 6.03.